The Kier molecular flexibility index (Phi) is 3.08. The Bertz CT molecular complexity index is 315. The largest absolute Gasteiger partial charge is 0.503 e. The van der Waals surface area contributed by atoms with E-state index in [-0.39, 0.29) is 21.5 Å². The van der Waals surface area contributed by atoms with Gasteiger partial charge in [0.15, 0.2) is 11.5 Å². The van der Waals surface area contributed by atoms with Crippen molar-refractivity contribution in [3.05, 3.63) is 22.2 Å². The van der Waals surface area contributed by atoms with Crippen LogP contribution in [0.5, 0.6) is 11.5 Å². The molecule has 0 aliphatic heterocycles. The first kappa shape index (κ1) is 10.2. The molecule has 0 radical (unpaired) electrons. The summed E-state index contributed by atoms with van der Waals surface area (Å²) in [7, 11) is 1.30. The van der Waals surface area contributed by atoms with E-state index >= 15 is 0 Å². The first-order valence-electron chi connectivity index (χ1n) is 3.40. The highest BCUT2D eigenvalue weighted by Crippen LogP contribution is 2.37. The molecule has 0 aliphatic rings. The van der Waals surface area contributed by atoms with Crippen LogP contribution in [0.1, 0.15) is 12.0 Å². The molecule has 0 unspecified atom stereocenters. The SMILES string of the molecule is COc1cc(C(F)F)cc(Br)c1O. The highest BCUT2D eigenvalue weighted by Gasteiger charge is 2.14. The minimum atomic E-state index is -2.58. The van der Waals surface area contributed by atoms with Gasteiger partial charge in [0, 0.05) is 5.56 Å². The molecular weight excluding hydrogens is 246 g/mol. The molecule has 1 rings (SSSR count). The van der Waals surface area contributed by atoms with E-state index in [1.807, 2.05) is 0 Å². The fraction of sp³-hybridized carbons (Fsp3) is 0.250. The van der Waals surface area contributed by atoms with E-state index in [0.29, 0.717) is 0 Å². The van der Waals surface area contributed by atoms with Gasteiger partial charge in [0.1, 0.15) is 0 Å². The second-order valence-electron chi connectivity index (χ2n) is 2.35. The molecule has 1 aromatic carbocycles. The predicted octanol–water partition coefficient (Wildman–Crippen LogP) is 3.10. The van der Waals surface area contributed by atoms with Gasteiger partial charge in [0.2, 0.25) is 0 Å². The molecule has 2 nitrogen and oxygen atoms in total. The van der Waals surface area contributed by atoms with Gasteiger partial charge in [-0.15, -0.1) is 0 Å². The lowest BCUT2D eigenvalue weighted by Gasteiger charge is -2.07. The summed E-state index contributed by atoms with van der Waals surface area (Å²) in [6.45, 7) is 0. The van der Waals surface area contributed by atoms with Crippen molar-refractivity contribution in [3.63, 3.8) is 0 Å². The van der Waals surface area contributed by atoms with Crippen molar-refractivity contribution in [1.82, 2.24) is 0 Å². The molecule has 13 heavy (non-hydrogen) atoms. The molecule has 1 aromatic rings. The van der Waals surface area contributed by atoms with Crippen LogP contribution in [0, 0.1) is 0 Å². The number of hydrogen-bond acceptors (Lipinski definition) is 2. The first-order chi connectivity index (χ1) is 6.06. The van der Waals surface area contributed by atoms with Gasteiger partial charge >= 0.3 is 0 Å². The Morgan fingerprint density at radius 3 is 2.54 bits per heavy atom. The summed E-state index contributed by atoms with van der Waals surface area (Å²) >= 11 is 2.94. The summed E-state index contributed by atoms with van der Waals surface area (Å²) in [4.78, 5) is 0. The van der Waals surface area contributed by atoms with E-state index in [1.54, 1.807) is 0 Å². The normalized spacial score (nSPS) is 10.5. The van der Waals surface area contributed by atoms with Crippen molar-refractivity contribution in [3.8, 4) is 11.5 Å². The molecule has 5 heteroatoms. The number of hydrogen-bond donors (Lipinski definition) is 1. The molecular formula is C8H7BrF2O2. The molecule has 0 aliphatic carbocycles. The summed E-state index contributed by atoms with van der Waals surface area (Å²) in [5.41, 5.74) is -0.193. The van der Waals surface area contributed by atoms with E-state index in [2.05, 4.69) is 15.9 Å². The molecule has 0 fully saturated rings. The van der Waals surface area contributed by atoms with Crippen LogP contribution >= 0.6 is 15.9 Å². The molecule has 72 valence electrons. The average molecular weight is 253 g/mol. The summed E-state index contributed by atoms with van der Waals surface area (Å²) in [6, 6.07) is 2.26. The second kappa shape index (κ2) is 3.91. The maximum absolute atomic E-state index is 12.2. The minimum Gasteiger partial charge on any atom is -0.503 e. The van der Waals surface area contributed by atoms with Crippen molar-refractivity contribution in [2.24, 2.45) is 0 Å². The molecule has 0 bridgehead atoms. The van der Waals surface area contributed by atoms with Gasteiger partial charge in [-0.3, -0.25) is 0 Å². The predicted molar refractivity (Wildman–Crippen MR) is 47.3 cm³/mol. The molecule has 0 amide bonds. The first-order valence-corrected chi connectivity index (χ1v) is 4.20. The Labute approximate surface area is 82.3 Å². The fourth-order valence-corrected chi connectivity index (χ4v) is 1.34. The molecule has 0 heterocycles. The Balaban J connectivity index is 3.22. The van der Waals surface area contributed by atoms with Crippen LogP contribution in [0.4, 0.5) is 8.78 Å². The van der Waals surface area contributed by atoms with Gasteiger partial charge < -0.3 is 9.84 Å². The van der Waals surface area contributed by atoms with E-state index in [9.17, 15) is 13.9 Å². The van der Waals surface area contributed by atoms with Gasteiger partial charge in [-0.05, 0) is 28.1 Å². The minimum absolute atomic E-state index is 0.0321. The quantitative estimate of drug-likeness (QED) is 0.877. The van der Waals surface area contributed by atoms with E-state index < -0.39 is 6.43 Å². The maximum atomic E-state index is 12.2. The monoisotopic (exact) mass is 252 g/mol. The number of ether oxygens (including phenoxy) is 1. The lowest BCUT2D eigenvalue weighted by Crippen LogP contribution is -1.89. The van der Waals surface area contributed by atoms with Gasteiger partial charge in [-0.1, -0.05) is 0 Å². The Morgan fingerprint density at radius 1 is 1.46 bits per heavy atom. The second-order valence-corrected chi connectivity index (χ2v) is 3.21. The Morgan fingerprint density at radius 2 is 2.08 bits per heavy atom. The number of phenolic OH excluding ortho intramolecular Hbond substituents is 1. The standard InChI is InChI=1S/C8H7BrF2O2/c1-13-6-3-4(8(10)11)2-5(9)7(6)12/h2-3,8,12H,1H3. The third-order valence-corrected chi connectivity index (χ3v) is 2.13. The number of methoxy groups -OCH3 is 1. The molecule has 0 atom stereocenters. The van der Waals surface area contributed by atoms with Crippen molar-refractivity contribution in [2.45, 2.75) is 6.43 Å². The lowest BCUT2D eigenvalue weighted by molar-refractivity contribution is 0.151. The fourth-order valence-electron chi connectivity index (χ4n) is 0.875. The lowest BCUT2D eigenvalue weighted by atomic mass is 10.2. The van der Waals surface area contributed by atoms with Gasteiger partial charge in [0.25, 0.3) is 6.43 Å². The molecule has 0 aromatic heterocycles. The number of aromatic hydroxyl groups is 1. The zero-order chi connectivity index (χ0) is 10.0. The number of alkyl halides is 2. The van der Waals surface area contributed by atoms with Crippen molar-refractivity contribution in [1.29, 1.82) is 0 Å². The third kappa shape index (κ3) is 2.09. The van der Waals surface area contributed by atoms with E-state index in [0.717, 1.165) is 12.1 Å². The molecule has 0 saturated carbocycles. The number of benzene rings is 1. The van der Waals surface area contributed by atoms with Gasteiger partial charge in [-0.2, -0.15) is 0 Å². The van der Waals surface area contributed by atoms with Crippen molar-refractivity contribution < 1.29 is 18.6 Å². The number of phenols is 1. The summed E-state index contributed by atoms with van der Waals surface area (Å²) < 4.78 is 29.4. The highest BCUT2D eigenvalue weighted by molar-refractivity contribution is 9.10. The van der Waals surface area contributed by atoms with Crippen LogP contribution in [0.15, 0.2) is 16.6 Å². The zero-order valence-electron chi connectivity index (χ0n) is 6.72. The molecule has 0 saturated heterocycles. The van der Waals surface area contributed by atoms with Crippen molar-refractivity contribution >= 4 is 15.9 Å². The molecule has 1 N–H and O–H groups in total. The van der Waals surface area contributed by atoms with Gasteiger partial charge in [-0.25, -0.2) is 8.78 Å². The van der Waals surface area contributed by atoms with Crippen LogP contribution in [-0.4, -0.2) is 12.2 Å². The third-order valence-electron chi connectivity index (χ3n) is 1.52. The number of rotatable bonds is 2. The van der Waals surface area contributed by atoms with Crippen LogP contribution in [0.25, 0.3) is 0 Å². The Hall–Kier alpha value is -0.840. The summed E-state index contributed by atoms with van der Waals surface area (Å²) in [5, 5.41) is 9.29. The van der Waals surface area contributed by atoms with Crippen LogP contribution in [0.2, 0.25) is 0 Å². The van der Waals surface area contributed by atoms with E-state index in [1.165, 1.54) is 7.11 Å². The number of halogens is 3. The van der Waals surface area contributed by atoms with E-state index in [4.69, 9.17) is 4.74 Å². The topological polar surface area (TPSA) is 29.5 Å². The summed E-state index contributed by atoms with van der Waals surface area (Å²) in [6.07, 6.45) is -2.58. The van der Waals surface area contributed by atoms with Crippen LogP contribution in [0.3, 0.4) is 0 Å². The average Bonchev–Trinajstić information content (AvgIpc) is 2.09. The van der Waals surface area contributed by atoms with Crippen LogP contribution < -0.4 is 4.74 Å². The maximum Gasteiger partial charge on any atom is 0.264 e. The highest BCUT2D eigenvalue weighted by atomic mass is 79.9. The zero-order valence-corrected chi connectivity index (χ0v) is 8.31. The van der Waals surface area contributed by atoms with Crippen molar-refractivity contribution in [2.75, 3.05) is 7.11 Å². The summed E-state index contributed by atoms with van der Waals surface area (Å²) in [5.74, 6) is -0.142. The van der Waals surface area contributed by atoms with Crippen LogP contribution in [-0.2, 0) is 0 Å². The van der Waals surface area contributed by atoms with Gasteiger partial charge in [0.05, 0.1) is 11.6 Å². The smallest absolute Gasteiger partial charge is 0.264 e. The molecule has 0 spiro atoms.